The first-order chi connectivity index (χ1) is 7.54. The summed E-state index contributed by atoms with van der Waals surface area (Å²) in [4.78, 5) is 19.4. The lowest BCUT2D eigenvalue weighted by atomic mass is 10.1. The van der Waals surface area contributed by atoms with Crippen LogP contribution in [0.1, 0.15) is 13.8 Å². The molecule has 6 heteroatoms. The van der Waals surface area contributed by atoms with Crippen LogP contribution in [-0.4, -0.2) is 29.1 Å². The Morgan fingerprint density at radius 2 is 2.00 bits per heavy atom. The van der Waals surface area contributed by atoms with Gasteiger partial charge in [0.2, 0.25) is 5.95 Å². The molecule has 0 aliphatic rings. The van der Waals surface area contributed by atoms with Crippen LogP contribution in [0.25, 0.3) is 0 Å². The third-order valence-electron chi connectivity index (χ3n) is 2.03. The van der Waals surface area contributed by atoms with Crippen molar-refractivity contribution in [3.63, 3.8) is 0 Å². The van der Waals surface area contributed by atoms with E-state index in [2.05, 4.69) is 20.0 Å². The lowest BCUT2D eigenvalue weighted by molar-refractivity contribution is -0.142. The smallest absolute Gasteiger partial charge is 0.328 e. The van der Waals surface area contributed by atoms with Gasteiger partial charge < -0.3 is 10.1 Å². The molecule has 0 saturated heterocycles. The summed E-state index contributed by atoms with van der Waals surface area (Å²) in [5.41, 5.74) is 0. The Hall–Kier alpha value is -1.36. The third kappa shape index (κ3) is 3.34. The number of nitrogens with one attached hydrogen (secondary N) is 1. The van der Waals surface area contributed by atoms with Crippen LogP contribution in [0, 0.1) is 5.92 Å². The molecular formula is C10H14ClN3O2. The zero-order chi connectivity index (χ0) is 12.1. The first-order valence-electron chi connectivity index (χ1n) is 4.86. The molecule has 1 aromatic heterocycles. The van der Waals surface area contributed by atoms with Gasteiger partial charge in [-0.25, -0.2) is 14.8 Å². The van der Waals surface area contributed by atoms with Gasteiger partial charge in [-0.1, -0.05) is 25.4 Å². The van der Waals surface area contributed by atoms with Crippen molar-refractivity contribution in [3.05, 3.63) is 17.4 Å². The number of anilines is 1. The standard InChI is InChI=1S/C10H14ClN3O2/c1-6(2)8(9(15)16-3)14-10-12-4-7(11)5-13-10/h4-6,8H,1-3H3,(H,12,13,14). The van der Waals surface area contributed by atoms with Crippen LogP contribution in [0.2, 0.25) is 5.02 Å². The fraction of sp³-hybridized carbons (Fsp3) is 0.500. The number of carbonyl (C=O) groups is 1. The number of carbonyl (C=O) groups excluding carboxylic acids is 1. The molecule has 5 nitrogen and oxygen atoms in total. The highest BCUT2D eigenvalue weighted by atomic mass is 35.5. The van der Waals surface area contributed by atoms with Crippen LogP contribution in [0.3, 0.4) is 0 Å². The molecule has 1 atom stereocenters. The highest BCUT2D eigenvalue weighted by Gasteiger charge is 2.23. The zero-order valence-corrected chi connectivity index (χ0v) is 10.2. The summed E-state index contributed by atoms with van der Waals surface area (Å²) >= 11 is 5.66. The van der Waals surface area contributed by atoms with Crippen molar-refractivity contribution in [1.82, 2.24) is 9.97 Å². The highest BCUT2D eigenvalue weighted by molar-refractivity contribution is 6.30. The van der Waals surface area contributed by atoms with Gasteiger partial charge in [0.05, 0.1) is 24.5 Å². The second kappa shape index (κ2) is 5.65. The molecule has 1 N–H and O–H groups in total. The van der Waals surface area contributed by atoms with Crippen LogP contribution in [0.4, 0.5) is 5.95 Å². The summed E-state index contributed by atoms with van der Waals surface area (Å²) < 4.78 is 4.69. The maximum Gasteiger partial charge on any atom is 0.328 e. The molecule has 88 valence electrons. The minimum atomic E-state index is -0.467. The molecule has 1 heterocycles. The van der Waals surface area contributed by atoms with E-state index in [1.165, 1.54) is 19.5 Å². The number of hydrogen-bond donors (Lipinski definition) is 1. The molecule has 0 saturated carbocycles. The van der Waals surface area contributed by atoms with Crippen molar-refractivity contribution >= 4 is 23.5 Å². The highest BCUT2D eigenvalue weighted by Crippen LogP contribution is 2.11. The lowest BCUT2D eigenvalue weighted by Gasteiger charge is -2.19. The maximum absolute atomic E-state index is 11.5. The molecule has 0 aromatic carbocycles. The Kier molecular flexibility index (Phi) is 4.49. The molecule has 0 bridgehead atoms. The first-order valence-corrected chi connectivity index (χ1v) is 5.24. The average molecular weight is 244 g/mol. The summed E-state index contributed by atoms with van der Waals surface area (Å²) in [6.45, 7) is 3.81. The number of ether oxygens (including phenoxy) is 1. The van der Waals surface area contributed by atoms with Gasteiger partial charge in [0.25, 0.3) is 0 Å². The SMILES string of the molecule is COC(=O)C(Nc1ncc(Cl)cn1)C(C)C. The largest absolute Gasteiger partial charge is 0.467 e. The maximum atomic E-state index is 11.5. The molecule has 1 rings (SSSR count). The predicted molar refractivity (Wildman–Crippen MR) is 61.3 cm³/mol. The summed E-state index contributed by atoms with van der Waals surface area (Å²) in [5, 5.41) is 3.35. The summed E-state index contributed by atoms with van der Waals surface area (Å²) in [6.07, 6.45) is 2.93. The molecular weight excluding hydrogens is 230 g/mol. The Balaban J connectivity index is 2.75. The van der Waals surface area contributed by atoms with E-state index in [1.807, 2.05) is 13.8 Å². The van der Waals surface area contributed by atoms with Crippen molar-refractivity contribution in [2.45, 2.75) is 19.9 Å². The summed E-state index contributed by atoms with van der Waals surface area (Å²) in [6, 6.07) is -0.467. The van der Waals surface area contributed by atoms with E-state index in [1.54, 1.807) is 0 Å². The molecule has 0 fully saturated rings. The van der Waals surface area contributed by atoms with E-state index >= 15 is 0 Å². The van der Waals surface area contributed by atoms with E-state index in [9.17, 15) is 4.79 Å². The molecule has 0 spiro atoms. The molecule has 0 amide bonds. The average Bonchev–Trinajstić information content (AvgIpc) is 2.27. The fourth-order valence-corrected chi connectivity index (χ4v) is 1.25. The Labute approximate surface area is 99.2 Å². The van der Waals surface area contributed by atoms with Crippen LogP contribution in [0.15, 0.2) is 12.4 Å². The van der Waals surface area contributed by atoms with Crippen molar-refractivity contribution in [3.8, 4) is 0 Å². The minimum Gasteiger partial charge on any atom is -0.467 e. The monoisotopic (exact) mass is 243 g/mol. The molecule has 16 heavy (non-hydrogen) atoms. The molecule has 0 aliphatic heterocycles. The summed E-state index contributed by atoms with van der Waals surface area (Å²) in [5.74, 6) is 0.0915. The number of rotatable bonds is 4. The van der Waals surface area contributed by atoms with E-state index in [0.29, 0.717) is 11.0 Å². The van der Waals surface area contributed by atoms with Gasteiger partial charge in [-0.05, 0) is 5.92 Å². The number of methoxy groups -OCH3 is 1. The fourth-order valence-electron chi connectivity index (χ4n) is 1.15. The van der Waals surface area contributed by atoms with Gasteiger partial charge in [0.15, 0.2) is 0 Å². The number of nitrogens with zero attached hydrogens (tertiary/aromatic N) is 2. The molecule has 1 aromatic rings. The van der Waals surface area contributed by atoms with Crippen LogP contribution >= 0.6 is 11.6 Å². The predicted octanol–water partition coefficient (Wildman–Crippen LogP) is 1.74. The molecule has 0 aliphatic carbocycles. The van der Waals surface area contributed by atoms with Crippen LogP contribution in [-0.2, 0) is 9.53 Å². The van der Waals surface area contributed by atoms with Gasteiger partial charge >= 0.3 is 5.97 Å². The number of halogens is 1. The summed E-state index contributed by atoms with van der Waals surface area (Å²) in [7, 11) is 1.35. The number of hydrogen-bond acceptors (Lipinski definition) is 5. The zero-order valence-electron chi connectivity index (χ0n) is 9.40. The van der Waals surface area contributed by atoms with Gasteiger partial charge in [-0.15, -0.1) is 0 Å². The van der Waals surface area contributed by atoms with Crippen molar-refractivity contribution in [2.75, 3.05) is 12.4 Å². The van der Waals surface area contributed by atoms with Crippen LogP contribution < -0.4 is 5.32 Å². The van der Waals surface area contributed by atoms with Gasteiger partial charge in [0.1, 0.15) is 6.04 Å². The molecule has 1 unspecified atom stereocenters. The van der Waals surface area contributed by atoms with E-state index in [0.717, 1.165) is 0 Å². The van der Waals surface area contributed by atoms with Crippen molar-refractivity contribution in [2.24, 2.45) is 5.92 Å². The normalized spacial score (nSPS) is 12.3. The topological polar surface area (TPSA) is 64.1 Å². The van der Waals surface area contributed by atoms with Crippen molar-refractivity contribution in [1.29, 1.82) is 0 Å². The Morgan fingerprint density at radius 3 is 2.44 bits per heavy atom. The van der Waals surface area contributed by atoms with Crippen molar-refractivity contribution < 1.29 is 9.53 Å². The molecule has 0 radical (unpaired) electrons. The van der Waals surface area contributed by atoms with Gasteiger partial charge in [-0.2, -0.15) is 0 Å². The third-order valence-corrected chi connectivity index (χ3v) is 2.22. The van der Waals surface area contributed by atoms with E-state index in [4.69, 9.17) is 11.6 Å². The second-order valence-electron chi connectivity index (χ2n) is 3.61. The van der Waals surface area contributed by atoms with Gasteiger partial charge in [0, 0.05) is 0 Å². The quantitative estimate of drug-likeness (QED) is 0.816. The van der Waals surface area contributed by atoms with E-state index < -0.39 is 6.04 Å². The minimum absolute atomic E-state index is 0.0757. The second-order valence-corrected chi connectivity index (χ2v) is 4.05. The van der Waals surface area contributed by atoms with Gasteiger partial charge in [-0.3, -0.25) is 0 Å². The Morgan fingerprint density at radius 1 is 1.44 bits per heavy atom. The van der Waals surface area contributed by atoms with Crippen LogP contribution in [0.5, 0.6) is 0 Å². The van der Waals surface area contributed by atoms with E-state index in [-0.39, 0.29) is 11.9 Å². The Bertz CT molecular complexity index is 354. The number of esters is 1. The first kappa shape index (κ1) is 12.7. The lowest BCUT2D eigenvalue weighted by Crippen LogP contribution is -2.36. The number of aromatic nitrogens is 2.